The van der Waals surface area contributed by atoms with Gasteiger partial charge in [0.25, 0.3) is 0 Å². The second-order valence-corrected chi connectivity index (χ2v) is 3.10. The highest BCUT2D eigenvalue weighted by Crippen LogP contribution is 2.06. The van der Waals surface area contributed by atoms with Gasteiger partial charge in [-0.25, -0.2) is 4.68 Å². The van der Waals surface area contributed by atoms with Crippen molar-refractivity contribution < 1.29 is 0 Å². The van der Waals surface area contributed by atoms with Crippen LogP contribution in [0, 0.1) is 0 Å². The number of rotatable bonds is 5. The number of hydrogen-bond donors (Lipinski definition) is 0. The van der Waals surface area contributed by atoms with Crippen molar-refractivity contribution in [2.24, 2.45) is 7.05 Å². The molecule has 0 aliphatic carbocycles. The summed E-state index contributed by atoms with van der Waals surface area (Å²) in [5, 5.41) is 11.3. The van der Waals surface area contributed by atoms with Crippen LogP contribution in [-0.4, -0.2) is 39.2 Å². The molecule has 1 aromatic heterocycles. The molecule has 1 rings (SSSR count). The topological polar surface area (TPSA) is 46.8 Å². The van der Waals surface area contributed by atoms with Crippen molar-refractivity contribution in [3.63, 3.8) is 0 Å². The molecule has 1 heterocycles. The van der Waals surface area contributed by atoms with Crippen LogP contribution in [0.25, 0.3) is 0 Å². The Balaban J connectivity index is 2.61. The zero-order chi connectivity index (χ0) is 9.68. The smallest absolute Gasteiger partial charge is 0.245 e. The van der Waals surface area contributed by atoms with Gasteiger partial charge in [0.1, 0.15) is 0 Å². The fourth-order valence-electron chi connectivity index (χ4n) is 1.14. The maximum absolute atomic E-state index is 5.62. The summed E-state index contributed by atoms with van der Waals surface area (Å²) in [7, 11) is 1.83. The molecular formula is C7H14ClN5. The second-order valence-electron chi connectivity index (χ2n) is 2.72. The molecule has 0 atom stereocenters. The fraction of sp³-hybridized carbons (Fsp3) is 0.857. The summed E-state index contributed by atoms with van der Waals surface area (Å²) in [6.07, 6.45) is 0.947. The van der Waals surface area contributed by atoms with Crippen molar-refractivity contribution in [2.75, 3.05) is 23.9 Å². The Morgan fingerprint density at radius 2 is 2.31 bits per heavy atom. The first kappa shape index (κ1) is 10.2. The molecule has 74 valence electrons. The van der Waals surface area contributed by atoms with E-state index in [0.717, 1.165) is 25.5 Å². The van der Waals surface area contributed by atoms with Crippen LogP contribution in [0.1, 0.15) is 13.3 Å². The van der Waals surface area contributed by atoms with Gasteiger partial charge >= 0.3 is 0 Å². The molecule has 0 aliphatic heterocycles. The number of aryl methyl sites for hydroxylation is 1. The Kier molecular flexibility index (Phi) is 3.95. The van der Waals surface area contributed by atoms with Crippen LogP contribution in [0.3, 0.4) is 0 Å². The van der Waals surface area contributed by atoms with Gasteiger partial charge in [-0.15, -0.1) is 11.6 Å². The lowest BCUT2D eigenvalue weighted by atomic mass is 10.4. The lowest BCUT2D eigenvalue weighted by molar-refractivity contribution is 0.679. The molecule has 0 amide bonds. The van der Waals surface area contributed by atoms with E-state index in [-0.39, 0.29) is 0 Å². The summed E-state index contributed by atoms with van der Waals surface area (Å²) in [5.41, 5.74) is 0. The van der Waals surface area contributed by atoms with E-state index in [0.29, 0.717) is 5.88 Å². The summed E-state index contributed by atoms with van der Waals surface area (Å²) in [6.45, 7) is 3.86. The first-order valence-corrected chi connectivity index (χ1v) is 4.86. The number of anilines is 1. The van der Waals surface area contributed by atoms with Gasteiger partial charge in [0, 0.05) is 26.0 Å². The minimum absolute atomic E-state index is 0.668. The lowest BCUT2D eigenvalue weighted by Gasteiger charge is -2.19. The minimum atomic E-state index is 0.668. The Bertz CT molecular complexity index is 249. The highest BCUT2D eigenvalue weighted by molar-refractivity contribution is 6.17. The Morgan fingerprint density at radius 1 is 1.54 bits per heavy atom. The maximum Gasteiger partial charge on any atom is 0.245 e. The van der Waals surface area contributed by atoms with Crippen LogP contribution in [-0.2, 0) is 7.05 Å². The standard InChI is InChI=1S/C7H14ClN5/c1-3-13(6-4-5-8)7-9-10-11-12(7)2/h3-6H2,1-2H3. The molecule has 0 spiro atoms. The zero-order valence-electron chi connectivity index (χ0n) is 7.94. The van der Waals surface area contributed by atoms with Crippen LogP contribution >= 0.6 is 11.6 Å². The number of hydrogen-bond acceptors (Lipinski definition) is 4. The van der Waals surface area contributed by atoms with Gasteiger partial charge < -0.3 is 4.90 Å². The molecule has 0 N–H and O–H groups in total. The van der Waals surface area contributed by atoms with Gasteiger partial charge in [0.15, 0.2) is 0 Å². The zero-order valence-corrected chi connectivity index (χ0v) is 8.70. The van der Waals surface area contributed by atoms with Crippen molar-refractivity contribution in [2.45, 2.75) is 13.3 Å². The molecule has 0 aliphatic rings. The molecule has 0 saturated carbocycles. The second kappa shape index (κ2) is 5.01. The molecule has 0 bridgehead atoms. The monoisotopic (exact) mass is 203 g/mol. The number of tetrazole rings is 1. The third-order valence-electron chi connectivity index (χ3n) is 1.82. The van der Waals surface area contributed by atoms with E-state index in [2.05, 4.69) is 27.3 Å². The average Bonchev–Trinajstić information content (AvgIpc) is 2.54. The molecule has 1 aromatic rings. The van der Waals surface area contributed by atoms with Crippen molar-refractivity contribution in [1.29, 1.82) is 0 Å². The van der Waals surface area contributed by atoms with Gasteiger partial charge in [0.05, 0.1) is 0 Å². The average molecular weight is 204 g/mol. The quantitative estimate of drug-likeness (QED) is 0.660. The van der Waals surface area contributed by atoms with Crippen molar-refractivity contribution in [3.8, 4) is 0 Å². The van der Waals surface area contributed by atoms with E-state index in [1.54, 1.807) is 4.68 Å². The molecule has 6 heteroatoms. The Morgan fingerprint density at radius 3 is 2.77 bits per heavy atom. The lowest BCUT2D eigenvalue weighted by Crippen LogP contribution is -2.27. The first-order chi connectivity index (χ1) is 6.29. The molecule has 5 nitrogen and oxygen atoms in total. The number of nitrogens with zero attached hydrogens (tertiary/aromatic N) is 5. The van der Waals surface area contributed by atoms with Gasteiger partial charge in [-0.3, -0.25) is 0 Å². The minimum Gasteiger partial charge on any atom is -0.340 e. The SMILES string of the molecule is CCN(CCCCl)c1nnnn1C. The van der Waals surface area contributed by atoms with Crippen molar-refractivity contribution in [3.05, 3.63) is 0 Å². The molecule has 0 saturated heterocycles. The van der Waals surface area contributed by atoms with Crippen LogP contribution < -0.4 is 4.90 Å². The first-order valence-electron chi connectivity index (χ1n) is 4.32. The number of alkyl halides is 1. The molecule has 0 unspecified atom stereocenters. The van der Waals surface area contributed by atoms with E-state index in [1.807, 2.05) is 7.05 Å². The van der Waals surface area contributed by atoms with E-state index in [1.165, 1.54) is 0 Å². The van der Waals surface area contributed by atoms with Crippen LogP contribution in [0.5, 0.6) is 0 Å². The van der Waals surface area contributed by atoms with Crippen LogP contribution in [0.4, 0.5) is 5.95 Å². The van der Waals surface area contributed by atoms with Gasteiger partial charge in [-0.05, 0) is 23.8 Å². The normalized spacial score (nSPS) is 10.4. The summed E-state index contributed by atoms with van der Waals surface area (Å²) in [6, 6.07) is 0. The van der Waals surface area contributed by atoms with Crippen LogP contribution in [0.15, 0.2) is 0 Å². The highest BCUT2D eigenvalue weighted by Gasteiger charge is 2.09. The van der Waals surface area contributed by atoms with Crippen molar-refractivity contribution in [1.82, 2.24) is 20.2 Å². The highest BCUT2D eigenvalue weighted by atomic mass is 35.5. The Labute approximate surface area is 82.7 Å². The summed E-state index contributed by atoms with van der Waals surface area (Å²) >= 11 is 5.62. The molecular weight excluding hydrogens is 190 g/mol. The van der Waals surface area contributed by atoms with Crippen LogP contribution in [0.2, 0.25) is 0 Å². The van der Waals surface area contributed by atoms with E-state index >= 15 is 0 Å². The molecule has 0 fully saturated rings. The fourth-order valence-corrected chi connectivity index (χ4v) is 1.26. The van der Waals surface area contributed by atoms with E-state index in [4.69, 9.17) is 11.6 Å². The predicted octanol–water partition coefficient (Wildman–Crippen LogP) is 0.665. The predicted molar refractivity (Wildman–Crippen MR) is 52.0 cm³/mol. The summed E-state index contributed by atoms with van der Waals surface area (Å²) < 4.78 is 1.66. The van der Waals surface area contributed by atoms with E-state index < -0.39 is 0 Å². The maximum atomic E-state index is 5.62. The third kappa shape index (κ3) is 2.55. The van der Waals surface area contributed by atoms with E-state index in [9.17, 15) is 0 Å². The summed E-state index contributed by atoms with van der Waals surface area (Å²) in [5.74, 6) is 1.47. The van der Waals surface area contributed by atoms with Gasteiger partial charge in [-0.1, -0.05) is 5.10 Å². The molecule has 13 heavy (non-hydrogen) atoms. The summed E-state index contributed by atoms with van der Waals surface area (Å²) in [4.78, 5) is 2.10. The molecule has 0 aromatic carbocycles. The Hall–Kier alpha value is -0.840. The largest absolute Gasteiger partial charge is 0.340 e. The molecule has 0 radical (unpaired) electrons. The van der Waals surface area contributed by atoms with Crippen molar-refractivity contribution >= 4 is 17.5 Å². The number of halogens is 1. The number of aromatic nitrogens is 4. The third-order valence-corrected chi connectivity index (χ3v) is 2.09. The van der Waals surface area contributed by atoms with Gasteiger partial charge in [-0.2, -0.15) is 0 Å². The van der Waals surface area contributed by atoms with Gasteiger partial charge in [0.2, 0.25) is 5.95 Å².